The van der Waals surface area contributed by atoms with Crippen molar-refractivity contribution in [2.75, 3.05) is 32.8 Å². The first-order valence-corrected chi connectivity index (χ1v) is 5.73. The van der Waals surface area contributed by atoms with Crippen molar-refractivity contribution < 1.29 is 4.74 Å². The average Bonchev–Trinajstić information content (AvgIpc) is 2.41. The molecule has 0 amide bonds. The molecule has 13 heavy (non-hydrogen) atoms. The van der Waals surface area contributed by atoms with Gasteiger partial charge in [-0.1, -0.05) is 26.2 Å². The van der Waals surface area contributed by atoms with Crippen molar-refractivity contribution in [3.8, 4) is 0 Å². The van der Waals surface area contributed by atoms with Crippen LogP contribution in [0.1, 0.15) is 39.0 Å². The molecule has 1 aliphatic heterocycles. The van der Waals surface area contributed by atoms with Gasteiger partial charge in [-0.15, -0.1) is 0 Å². The van der Waals surface area contributed by atoms with Crippen LogP contribution in [-0.4, -0.2) is 37.7 Å². The highest BCUT2D eigenvalue weighted by Crippen LogP contribution is 2.04. The standard InChI is InChI=1S/C11H23NO/c1-2-3-4-5-7-12-8-6-10-13-11-9-12/h2-11H2,1H3. The van der Waals surface area contributed by atoms with E-state index < -0.39 is 0 Å². The van der Waals surface area contributed by atoms with Gasteiger partial charge in [-0.05, 0) is 19.4 Å². The molecule has 1 heterocycles. The summed E-state index contributed by atoms with van der Waals surface area (Å²) >= 11 is 0. The quantitative estimate of drug-likeness (QED) is 0.609. The van der Waals surface area contributed by atoms with Crippen LogP contribution in [0.5, 0.6) is 0 Å². The Morgan fingerprint density at radius 2 is 2.00 bits per heavy atom. The molecule has 0 aromatic rings. The van der Waals surface area contributed by atoms with Crippen LogP contribution in [-0.2, 0) is 4.74 Å². The number of nitrogens with zero attached hydrogens (tertiary/aromatic N) is 1. The van der Waals surface area contributed by atoms with Crippen molar-refractivity contribution in [2.45, 2.75) is 39.0 Å². The van der Waals surface area contributed by atoms with E-state index in [4.69, 9.17) is 4.74 Å². The lowest BCUT2D eigenvalue weighted by Gasteiger charge is -2.18. The fourth-order valence-electron chi connectivity index (χ4n) is 1.78. The first kappa shape index (κ1) is 11.0. The SMILES string of the molecule is CCCCCCN1CCCOCC1. The van der Waals surface area contributed by atoms with Crippen molar-refractivity contribution in [1.82, 2.24) is 4.90 Å². The van der Waals surface area contributed by atoms with Crippen LogP contribution in [0.4, 0.5) is 0 Å². The zero-order valence-corrected chi connectivity index (χ0v) is 8.93. The molecular formula is C11H23NO. The second-order valence-corrected chi connectivity index (χ2v) is 3.87. The van der Waals surface area contributed by atoms with Crippen LogP contribution >= 0.6 is 0 Å². The number of unbranched alkanes of at least 4 members (excludes halogenated alkanes) is 3. The van der Waals surface area contributed by atoms with E-state index in [0.29, 0.717) is 0 Å². The molecule has 0 atom stereocenters. The molecular weight excluding hydrogens is 162 g/mol. The number of rotatable bonds is 5. The number of hydrogen-bond donors (Lipinski definition) is 0. The first-order chi connectivity index (χ1) is 6.43. The predicted octanol–water partition coefficient (Wildman–Crippen LogP) is 2.29. The molecule has 1 fully saturated rings. The van der Waals surface area contributed by atoms with Crippen LogP contribution in [0.3, 0.4) is 0 Å². The molecule has 0 spiro atoms. The van der Waals surface area contributed by atoms with Crippen molar-refractivity contribution in [2.24, 2.45) is 0 Å². The topological polar surface area (TPSA) is 12.5 Å². The number of ether oxygens (including phenoxy) is 1. The molecule has 2 nitrogen and oxygen atoms in total. The molecule has 1 saturated heterocycles. The van der Waals surface area contributed by atoms with E-state index in [0.717, 1.165) is 19.8 Å². The van der Waals surface area contributed by atoms with Gasteiger partial charge in [0.25, 0.3) is 0 Å². The molecule has 1 aliphatic rings. The summed E-state index contributed by atoms with van der Waals surface area (Å²) in [6, 6.07) is 0. The molecule has 78 valence electrons. The fourth-order valence-corrected chi connectivity index (χ4v) is 1.78. The monoisotopic (exact) mass is 185 g/mol. The lowest BCUT2D eigenvalue weighted by molar-refractivity contribution is 0.141. The second-order valence-electron chi connectivity index (χ2n) is 3.87. The van der Waals surface area contributed by atoms with Crippen molar-refractivity contribution in [3.05, 3.63) is 0 Å². The maximum absolute atomic E-state index is 5.41. The highest BCUT2D eigenvalue weighted by atomic mass is 16.5. The van der Waals surface area contributed by atoms with Crippen molar-refractivity contribution in [3.63, 3.8) is 0 Å². The Labute approximate surface area is 82.3 Å². The number of hydrogen-bond acceptors (Lipinski definition) is 2. The van der Waals surface area contributed by atoms with E-state index in [9.17, 15) is 0 Å². The smallest absolute Gasteiger partial charge is 0.0593 e. The zero-order chi connectivity index (χ0) is 9.36. The van der Waals surface area contributed by atoms with Gasteiger partial charge in [-0.3, -0.25) is 0 Å². The van der Waals surface area contributed by atoms with Crippen molar-refractivity contribution >= 4 is 0 Å². The second kappa shape index (κ2) is 7.34. The van der Waals surface area contributed by atoms with Crippen LogP contribution in [0.25, 0.3) is 0 Å². The van der Waals surface area contributed by atoms with Gasteiger partial charge >= 0.3 is 0 Å². The van der Waals surface area contributed by atoms with Gasteiger partial charge in [0.2, 0.25) is 0 Å². The van der Waals surface area contributed by atoms with Crippen molar-refractivity contribution in [1.29, 1.82) is 0 Å². The molecule has 0 radical (unpaired) electrons. The van der Waals surface area contributed by atoms with Crippen LogP contribution in [0.2, 0.25) is 0 Å². The third-order valence-corrected chi connectivity index (χ3v) is 2.64. The molecule has 0 saturated carbocycles. The van der Waals surface area contributed by atoms with Gasteiger partial charge in [-0.2, -0.15) is 0 Å². The maximum Gasteiger partial charge on any atom is 0.0593 e. The van der Waals surface area contributed by atoms with E-state index in [1.807, 2.05) is 0 Å². The van der Waals surface area contributed by atoms with E-state index in [1.165, 1.54) is 45.2 Å². The van der Waals surface area contributed by atoms with E-state index in [2.05, 4.69) is 11.8 Å². The Hall–Kier alpha value is -0.0800. The van der Waals surface area contributed by atoms with E-state index >= 15 is 0 Å². The Balaban J connectivity index is 1.98. The summed E-state index contributed by atoms with van der Waals surface area (Å²) in [4.78, 5) is 2.54. The Morgan fingerprint density at radius 3 is 2.85 bits per heavy atom. The summed E-state index contributed by atoms with van der Waals surface area (Å²) in [7, 11) is 0. The summed E-state index contributed by atoms with van der Waals surface area (Å²) in [5, 5.41) is 0. The molecule has 0 aliphatic carbocycles. The summed E-state index contributed by atoms with van der Waals surface area (Å²) in [6.07, 6.45) is 6.71. The Morgan fingerprint density at radius 1 is 1.08 bits per heavy atom. The van der Waals surface area contributed by atoms with E-state index in [-0.39, 0.29) is 0 Å². The third kappa shape index (κ3) is 5.27. The van der Waals surface area contributed by atoms with Crippen LogP contribution in [0, 0.1) is 0 Å². The zero-order valence-electron chi connectivity index (χ0n) is 8.93. The minimum atomic E-state index is 0.938. The molecule has 0 aromatic heterocycles. The fraction of sp³-hybridized carbons (Fsp3) is 1.00. The summed E-state index contributed by atoms with van der Waals surface area (Å²) < 4.78 is 5.41. The molecule has 1 rings (SSSR count). The van der Waals surface area contributed by atoms with Gasteiger partial charge in [0.1, 0.15) is 0 Å². The largest absolute Gasteiger partial charge is 0.380 e. The summed E-state index contributed by atoms with van der Waals surface area (Å²) in [5.74, 6) is 0. The summed E-state index contributed by atoms with van der Waals surface area (Å²) in [5.41, 5.74) is 0. The lowest BCUT2D eigenvalue weighted by Crippen LogP contribution is -2.27. The minimum absolute atomic E-state index is 0.938. The van der Waals surface area contributed by atoms with Gasteiger partial charge < -0.3 is 9.64 Å². The Kier molecular flexibility index (Phi) is 6.21. The highest BCUT2D eigenvalue weighted by Gasteiger charge is 2.07. The molecule has 2 heteroatoms. The van der Waals surface area contributed by atoms with Gasteiger partial charge in [0.05, 0.1) is 6.61 Å². The van der Waals surface area contributed by atoms with E-state index in [1.54, 1.807) is 0 Å². The van der Waals surface area contributed by atoms with Gasteiger partial charge in [0, 0.05) is 19.7 Å². The van der Waals surface area contributed by atoms with Gasteiger partial charge in [0.15, 0.2) is 0 Å². The normalized spacial score (nSPS) is 20.1. The predicted molar refractivity (Wildman–Crippen MR) is 56.0 cm³/mol. The molecule has 0 aromatic carbocycles. The Bertz CT molecular complexity index is 109. The minimum Gasteiger partial charge on any atom is -0.380 e. The maximum atomic E-state index is 5.41. The van der Waals surface area contributed by atoms with Gasteiger partial charge in [-0.25, -0.2) is 0 Å². The lowest BCUT2D eigenvalue weighted by atomic mass is 10.2. The van der Waals surface area contributed by atoms with Crippen LogP contribution < -0.4 is 0 Å². The third-order valence-electron chi connectivity index (χ3n) is 2.64. The average molecular weight is 185 g/mol. The molecule has 0 N–H and O–H groups in total. The highest BCUT2D eigenvalue weighted by molar-refractivity contribution is 4.60. The molecule has 0 bridgehead atoms. The van der Waals surface area contributed by atoms with Crippen LogP contribution in [0.15, 0.2) is 0 Å². The first-order valence-electron chi connectivity index (χ1n) is 5.73. The molecule has 0 unspecified atom stereocenters. The summed E-state index contributed by atoms with van der Waals surface area (Å²) in [6.45, 7) is 7.83.